The van der Waals surface area contributed by atoms with Crippen LogP contribution in [0.4, 0.5) is 0 Å². The number of hydrogen-bond donors (Lipinski definition) is 2. The second-order valence-electron chi connectivity index (χ2n) is 7.40. The van der Waals surface area contributed by atoms with Gasteiger partial charge in [0.05, 0.1) is 6.26 Å². The molecule has 138 valence electrons. The van der Waals surface area contributed by atoms with Gasteiger partial charge in [-0.3, -0.25) is 9.59 Å². The molecule has 2 amide bonds. The zero-order valence-electron chi connectivity index (χ0n) is 15.0. The van der Waals surface area contributed by atoms with Gasteiger partial charge >= 0.3 is 0 Å². The number of furan rings is 1. The molecule has 0 spiro atoms. The van der Waals surface area contributed by atoms with Crippen LogP contribution in [0.15, 0.2) is 22.8 Å². The van der Waals surface area contributed by atoms with E-state index in [1.54, 1.807) is 17.0 Å². The fourth-order valence-electron chi connectivity index (χ4n) is 3.89. The molecule has 2 fully saturated rings. The number of carbonyl (C=O) groups excluding carboxylic acids is 2. The molecule has 3 heterocycles. The Morgan fingerprint density at radius 2 is 2.16 bits per heavy atom. The highest BCUT2D eigenvalue weighted by molar-refractivity contribution is 5.91. The van der Waals surface area contributed by atoms with Gasteiger partial charge in [0.15, 0.2) is 5.76 Å². The van der Waals surface area contributed by atoms with Crippen molar-refractivity contribution >= 4 is 11.8 Å². The molecule has 2 unspecified atom stereocenters. The molecule has 2 aliphatic heterocycles. The van der Waals surface area contributed by atoms with Crippen molar-refractivity contribution in [3.63, 3.8) is 0 Å². The monoisotopic (exact) mass is 347 g/mol. The average Bonchev–Trinajstić information content (AvgIpc) is 3.17. The Kier molecular flexibility index (Phi) is 6.13. The van der Waals surface area contributed by atoms with E-state index >= 15 is 0 Å². The van der Waals surface area contributed by atoms with E-state index in [4.69, 9.17) is 4.42 Å². The molecular formula is C19H29N3O3. The van der Waals surface area contributed by atoms with Crippen molar-refractivity contribution in [2.75, 3.05) is 26.2 Å². The third-order valence-electron chi connectivity index (χ3n) is 5.53. The van der Waals surface area contributed by atoms with Crippen molar-refractivity contribution in [2.24, 2.45) is 11.8 Å². The largest absolute Gasteiger partial charge is 0.459 e. The number of rotatable bonds is 5. The molecule has 2 N–H and O–H groups in total. The van der Waals surface area contributed by atoms with E-state index < -0.39 is 0 Å². The molecule has 0 bridgehead atoms. The highest BCUT2D eigenvalue weighted by atomic mass is 16.3. The van der Waals surface area contributed by atoms with Gasteiger partial charge in [0, 0.05) is 25.6 Å². The van der Waals surface area contributed by atoms with E-state index in [9.17, 15) is 9.59 Å². The predicted octanol–water partition coefficient (Wildman–Crippen LogP) is 2.03. The molecule has 1 aromatic heterocycles. The van der Waals surface area contributed by atoms with Crippen LogP contribution < -0.4 is 10.6 Å². The van der Waals surface area contributed by atoms with Crippen LogP contribution in [0.25, 0.3) is 0 Å². The van der Waals surface area contributed by atoms with Gasteiger partial charge in [0.25, 0.3) is 5.91 Å². The molecule has 0 aromatic carbocycles. The van der Waals surface area contributed by atoms with Gasteiger partial charge in [-0.15, -0.1) is 0 Å². The van der Waals surface area contributed by atoms with E-state index in [2.05, 4.69) is 17.6 Å². The Balaban J connectivity index is 1.39. The third kappa shape index (κ3) is 4.84. The summed E-state index contributed by atoms with van der Waals surface area (Å²) >= 11 is 0. The van der Waals surface area contributed by atoms with E-state index in [-0.39, 0.29) is 17.9 Å². The smallest absolute Gasteiger partial charge is 0.289 e. The Hall–Kier alpha value is -1.82. The zero-order valence-corrected chi connectivity index (χ0v) is 15.0. The minimum absolute atomic E-state index is 0.0619. The molecule has 2 atom stereocenters. The minimum atomic E-state index is -0.0619. The maximum absolute atomic E-state index is 12.3. The van der Waals surface area contributed by atoms with Crippen molar-refractivity contribution in [2.45, 2.75) is 45.1 Å². The fraction of sp³-hybridized carbons (Fsp3) is 0.684. The Bertz CT molecular complexity index is 558. The minimum Gasteiger partial charge on any atom is -0.459 e. The maximum atomic E-state index is 12.3. The molecule has 1 aromatic rings. The first-order valence-electron chi connectivity index (χ1n) is 9.46. The molecule has 2 aliphatic rings. The summed E-state index contributed by atoms with van der Waals surface area (Å²) in [5.41, 5.74) is 0. The summed E-state index contributed by atoms with van der Waals surface area (Å²) in [4.78, 5) is 26.4. The zero-order chi connectivity index (χ0) is 17.6. The first kappa shape index (κ1) is 18.0. The quantitative estimate of drug-likeness (QED) is 0.855. The van der Waals surface area contributed by atoms with Crippen LogP contribution in [0.5, 0.6) is 0 Å². The number of nitrogens with one attached hydrogen (secondary N) is 2. The van der Waals surface area contributed by atoms with Gasteiger partial charge in [0.1, 0.15) is 0 Å². The molecule has 0 aliphatic carbocycles. The van der Waals surface area contributed by atoms with Gasteiger partial charge in [-0.25, -0.2) is 0 Å². The standard InChI is InChI=1S/C19H29N3O3/c1-14(15-4-2-8-20-13-15)12-18(23)21-16-6-9-22(10-7-16)19(24)17-5-3-11-25-17/h3,5,11,14-16,20H,2,4,6-10,12-13H2,1H3,(H,21,23). The van der Waals surface area contributed by atoms with Crippen LogP contribution in [-0.2, 0) is 4.79 Å². The number of nitrogens with zero attached hydrogens (tertiary/aromatic N) is 1. The Labute approximate surface area is 149 Å². The number of piperidine rings is 2. The number of carbonyl (C=O) groups is 2. The van der Waals surface area contributed by atoms with Crippen molar-refractivity contribution in [1.82, 2.24) is 15.5 Å². The van der Waals surface area contributed by atoms with Gasteiger partial charge in [-0.2, -0.15) is 0 Å². The Morgan fingerprint density at radius 1 is 1.36 bits per heavy atom. The molecule has 25 heavy (non-hydrogen) atoms. The van der Waals surface area contributed by atoms with Crippen LogP contribution in [0.2, 0.25) is 0 Å². The van der Waals surface area contributed by atoms with Crippen molar-refractivity contribution in [3.05, 3.63) is 24.2 Å². The summed E-state index contributed by atoms with van der Waals surface area (Å²) in [5.74, 6) is 1.49. The van der Waals surface area contributed by atoms with Crippen molar-refractivity contribution in [3.8, 4) is 0 Å². The maximum Gasteiger partial charge on any atom is 0.289 e. The van der Waals surface area contributed by atoms with Crippen LogP contribution in [-0.4, -0.2) is 48.9 Å². The number of hydrogen-bond acceptors (Lipinski definition) is 4. The van der Waals surface area contributed by atoms with E-state index in [0.717, 1.165) is 25.9 Å². The third-order valence-corrected chi connectivity index (χ3v) is 5.53. The van der Waals surface area contributed by atoms with Gasteiger partial charge in [-0.05, 0) is 62.7 Å². The summed E-state index contributed by atoms with van der Waals surface area (Å²) < 4.78 is 5.18. The van der Waals surface area contributed by atoms with E-state index in [1.807, 2.05) is 0 Å². The summed E-state index contributed by atoms with van der Waals surface area (Å²) in [6, 6.07) is 3.59. The lowest BCUT2D eigenvalue weighted by molar-refractivity contribution is -0.123. The van der Waals surface area contributed by atoms with Crippen LogP contribution >= 0.6 is 0 Å². The van der Waals surface area contributed by atoms with Crippen LogP contribution in [0, 0.1) is 11.8 Å². The molecule has 6 nitrogen and oxygen atoms in total. The lowest BCUT2D eigenvalue weighted by Gasteiger charge is -2.32. The Morgan fingerprint density at radius 3 is 2.80 bits per heavy atom. The summed E-state index contributed by atoms with van der Waals surface area (Å²) in [6.45, 7) is 5.63. The molecule has 2 saturated heterocycles. The van der Waals surface area contributed by atoms with Crippen molar-refractivity contribution in [1.29, 1.82) is 0 Å². The van der Waals surface area contributed by atoms with Gasteiger partial charge in [-0.1, -0.05) is 6.92 Å². The second kappa shape index (κ2) is 8.52. The topological polar surface area (TPSA) is 74.6 Å². The molecule has 0 radical (unpaired) electrons. The SMILES string of the molecule is CC(CC(=O)NC1CCN(C(=O)c2ccco2)CC1)C1CCCNC1. The van der Waals surface area contributed by atoms with Crippen LogP contribution in [0.3, 0.4) is 0 Å². The number of amides is 2. The van der Waals surface area contributed by atoms with Gasteiger partial charge in [0.2, 0.25) is 5.91 Å². The van der Waals surface area contributed by atoms with E-state index in [0.29, 0.717) is 37.1 Å². The molecule has 0 saturated carbocycles. The normalized spacial score (nSPS) is 23.2. The molecule has 3 rings (SSSR count). The molecular weight excluding hydrogens is 318 g/mol. The molecule has 6 heteroatoms. The van der Waals surface area contributed by atoms with Crippen LogP contribution in [0.1, 0.15) is 49.6 Å². The predicted molar refractivity (Wildman–Crippen MR) is 95.2 cm³/mol. The summed E-state index contributed by atoms with van der Waals surface area (Å²) in [5, 5.41) is 6.58. The first-order chi connectivity index (χ1) is 12.1. The lowest BCUT2D eigenvalue weighted by atomic mass is 9.85. The van der Waals surface area contributed by atoms with Crippen molar-refractivity contribution < 1.29 is 14.0 Å². The first-order valence-corrected chi connectivity index (χ1v) is 9.46. The van der Waals surface area contributed by atoms with E-state index in [1.165, 1.54) is 19.1 Å². The average molecular weight is 347 g/mol. The second-order valence-corrected chi connectivity index (χ2v) is 7.40. The lowest BCUT2D eigenvalue weighted by Crippen LogP contribution is -2.47. The number of likely N-dealkylation sites (tertiary alicyclic amines) is 1. The summed E-state index contributed by atoms with van der Waals surface area (Å²) in [6.07, 6.45) is 6.14. The fourth-order valence-corrected chi connectivity index (χ4v) is 3.89. The highest BCUT2D eigenvalue weighted by Crippen LogP contribution is 2.23. The highest BCUT2D eigenvalue weighted by Gasteiger charge is 2.27. The summed E-state index contributed by atoms with van der Waals surface area (Å²) in [7, 11) is 0. The van der Waals surface area contributed by atoms with Gasteiger partial charge < -0.3 is 20.0 Å².